The van der Waals surface area contributed by atoms with E-state index >= 15 is 0 Å². The Morgan fingerprint density at radius 3 is 2.83 bits per heavy atom. The van der Waals surface area contributed by atoms with Gasteiger partial charge in [-0.3, -0.25) is 4.79 Å². The molecular weight excluding hydrogens is 319 g/mol. The number of carbonyl (C=O) groups is 1. The summed E-state index contributed by atoms with van der Waals surface area (Å²) in [5.41, 5.74) is 5.51. The van der Waals surface area contributed by atoms with Gasteiger partial charge in [0.05, 0.1) is 21.9 Å². The minimum absolute atomic E-state index is 0.00470. The fourth-order valence-electron chi connectivity index (χ4n) is 3.69. The first-order chi connectivity index (χ1) is 11.0. The van der Waals surface area contributed by atoms with Gasteiger partial charge in [-0.1, -0.05) is 30.9 Å². The molecule has 4 nitrogen and oxygen atoms in total. The number of anilines is 1. The smallest absolute Gasteiger partial charge is 0.254 e. The molecule has 1 amide bonds. The molecule has 126 valence electrons. The van der Waals surface area contributed by atoms with Crippen LogP contribution in [0.1, 0.15) is 55.3 Å². The molecule has 1 saturated heterocycles. The maximum absolute atomic E-state index is 14.0. The summed E-state index contributed by atoms with van der Waals surface area (Å²) in [5, 5.41) is 3.12. The summed E-state index contributed by atoms with van der Waals surface area (Å²) in [7, 11) is 0. The van der Waals surface area contributed by atoms with Gasteiger partial charge in [-0.2, -0.15) is 0 Å². The summed E-state index contributed by atoms with van der Waals surface area (Å²) in [5.74, 6) is -1.09. The van der Waals surface area contributed by atoms with E-state index in [9.17, 15) is 9.18 Å². The van der Waals surface area contributed by atoms with Crippen LogP contribution in [0.2, 0.25) is 5.02 Å². The molecule has 1 atom stereocenters. The lowest BCUT2D eigenvalue weighted by atomic mass is 9.78. The molecule has 6 heteroatoms. The Labute approximate surface area is 140 Å². The quantitative estimate of drug-likeness (QED) is 0.807. The third-order valence-corrected chi connectivity index (χ3v) is 5.25. The van der Waals surface area contributed by atoms with Crippen molar-refractivity contribution in [1.29, 1.82) is 0 Å². The van der Waals surface area contributed by atoms with Crippen molar-refractivity contribution < 1.29 is 13.9 Å². The van der Waals surface area contributed by atoms with Gasteiger partial charge in [0.15, 0.2) is 0 Å². The van der Waals surface area contributed by atoms with E-state index in [4.69, 9.17) is 22.1 Å². The Morgan fingerprint density at radius 2 is 2.09 bits per heavy atom. The molecule has 0 aromatic heterocycles. The van der Waals surface area contributed by atoms with Crippen molar-refractivity contribution in [3.8, 4) is 0 Å². The molecule has 1 aliphatic heterocycles. The third kappa shape index (κ3) is 3.61. The zero-order valence-electron chi connectivity index (χ0n) is 13.0. The van der Waals surface area contributed by atoms with Crippen LogP contribution in [0.25, 0.3) is 0 Å². The zero-order valence-corrected chi connectivity index (χ0v) is 13.8. The Kier molecular flexibility index (Phi) is 4.78. The van der Waals surface area contributed by atoms with Crippen LogP contribution in [0.3, 0.4) is 0 Å². The summed E-state index contributed by atoms with van der Waals surface area (Å²) >= 11 is 5.90. The largest absolute Gasteiger partial charge is 0.397 e. The number of hydrogen-bond acceptors (Lipinski definition) is 3. The molecular formula is C17H22ClFN2O2. The lowest BCUT2D eigenvalue weighted by Crippen LogP contribution is -2.49. The van der Waals surface area contributed by atoms with Crippen LogP contribution in [0, 0.1) is 5.82 Å². The predicted octanol–water partition coefficient (Wildman–Crippen LogP) is 3.67. The van der Waals surface area contributed by atoms with E-state index in [2.05, 4.69) is 5.32 Å². The van der Waals surface area contributed by atoms with E-state index in [1.807, 2.05) is 0 Å². The first-order valence-electron chi connectivity index (χ1n) is 8.18. The van der Waals surface area contributed by atoms with E-state index in [0.717, 1.165) is 31.7 Å². The number of amides is 1. The molecule has 1 heterocycles. The highest BCUT2D eigenvalue weighted by Gasteiger charge is 2.39. The molecule has 3 N–H and O–H groups in total. The highest BCUT2D eigenvalue weighted by atomic mass is 35.5. The molecule has 0 bridgehead atoms. The molecule has 0 radical (unpaired) electrons. The molecule has 23 heavy (non-hydrogen) atoms. The number of rotatable bonds is 2. The lowest BCUT2D eigenvalue weighted by Gasteiger charge is -2.43. The lowest BCUT2D eigenvalue weighted by molar-refractivity contribution is -0.107. The van der Waals surface area contributed by atoms with E-state index < -0.39 is 11.7 Å². The topological polar surface area (TPSA) is 64.4 Å². The van der Waals surface area contributed by atoms with Crippen molar-refractivity contribution in [1.82, 2.24) is 5.32 Å². The molecule has 1 spiro atoms. The van der Waals surface area contributed by atoms with E-state index in [0.29, 0.717) is 6.61 Å². The molecule has 3 rings (SSSR count). The van der Waals surface area contributed by atoms with Gasteiger partial charge in [-0.05, 0) is 37.8 Å². The SMILES string of the molecule is Nc1cc(F)c(C(=O)NC2CCOC3(CCCCC3)C2)cc1Cl. The van der Waals surface area contributed by atoms with E-state index in [1.165, 1.54) is 25.3 Å². The van der Waals surface area contributed by atoms with Crippen molar-refractivity contribution in [2.45, 2.75) is 56.6 Å². The van der Waals surface area contributed by atoms with Crippen LogP contribution in [0.15, 0.2) is 12.1 Å². The summed E-state index contributed by atoms with van der Waals surface area (Å²) in [6, 6.07) is 2.38. The highest BCUT2D eigenvalue weighted by Crippen LogP contribution is 2.38. The first-order valence-corrected chi connectivity index (χ1v) is 8.56. The fraction of sp³-hybridized carbons (Fsp3) is 0.588. The Balaban J connectivity index is 1.69. The summed E-state index contributed by atoms with van der Waals surface area (Å²) in [4.78, 5) is 12.4. The van der Waals surface area contributed by atoms with Gasteiger partial charge in [0.2, 0.25) is 0 Å². The standard InChI is InChI=1S/C17H22ClFN2O2/c18-13-8-12(14(19)9-15(13)20)16(22)21-11-4-7-23-17(10-11)5-2-1-3-6-17/h8-9,11H,1-7,10,20H2,(H,21,22). The molecule has 1 unspecified atom stereocenters. The van der Waals surface area contributed by atoms with Gasteiger partial charge in [0.25, 0.3) is 5.91 Å². The second kappa shape index (κ2) is 6.65. The van der Waals surface area contributed by atoms with Crippen LogP contribution >= 0.6 is 11.6 Å². The first kappa shape index (κ1) is 16.5. The average Bonchev–Trinajstić information content (AvgIpc) is 2.51. The monoisotopic (exact) mass is 340 g/mol. The Bertz CT molecular complexity index is 597. The number of nitrogen functional groups attached to an aromatic ring is 1. The average molecular weight is 341 g/mol. The summed E-state index contributed by atoms with van der Waals surface area (Å²) in [6.07, 6.45) is 7.22. The highest BCUT2D eigenvalue weighted by molar-refractivity contribution is 6.33. The van der Waals surface area contributed by atoms with Crippen LogP contribution < -0.4 is 11.1 Å². The van der Waals surface area contributed by atoms with E-state index in [-0.39, 0.29) is 27.9 Å². The fourth-order valence-corrected chi connectivity index (χ4v) is 3.86. The molecule has 1 aromatic rings. The normalized spacial score (nSPS) is 23.7. The predicted molar refractivity (Wildman–Crippen MR) is 88.1 cm³/mol. The molecule has 1 aliphatic carbocycles. The number of carbonyl (C=O) groups excluding carboxylic acids is 1. The Hall–Kier alpha value is -1.33. The van der Waals surface area contributed by atoms with Crippen LogP contribution in [0.4, 0.5) is 10.1 Å². The Morgan fingerprint density at radius 1 is 1.35 bits per heavy atom. The van der Waals surface area contributed by atoms with Gasteiger partial charge < -0.3 is 15.8 Å². The minimum Gasteiger partial charge on any atom is -0.397 e. The molecule has 1 saturated carbocycles. The second-order valence-corrected chi connectivity index (χ2v) is 7.02. The number of nitrogens with two attached hydrogens (primary N) is 1. The maximum atomic E-state index is 14.0. The van der Waals surface area contributed by atoms with Crippen LogP contribution in [0.5, 0.6) is 0 Å². The number of benzene rings is 1. The third-order valence-electron chi connectivity index (χ3n) is 4.92. The summed E-state index contributed by atoms with van der Waals surface area (Å²) < 4.78 is 20.0. The maximum Gasteiger partial charge on any atom is 0.254 e. The van der Waals surface area contributed by atoms with Gasteiger partial charge in [0, 0.05) is 12.6 Å². The zero-order chi connectivity index (χ0) is 16.4. The number of hydrogen-bond donors (Lipinski definition) is 2. The van der Waals surface area contributed by atoms with Crippen molar-refractivity contribution in [2.75, 3.05) is 12.3 Å². The number of halogens is 2. The van der Waals surface area contributed by atoms with Gasteiger partial charge in [-0.25, -0.2) is 4.39 Å². The molecule has 2 fully saturated rings. The minimum atomic E-state index is -0.649. The molecule has 2 aliphatic rings. The second-order valence-electron chi connectivity index (χ2n) is 6.61. The van der Waals surface area contributed by atoms with Crippen LogP contribution in [-0.4, -0.2) is 24.2 Å². The van der Waals surface area contributed by atoms with Crippen molar-refractivity contribution in [3.05, 3.63) is 28.5 Å². The van der Waals surface area contributed by atoms with Crippen LogP contribution in [-0.2, 0) is 4.74 Å². The number of nitrogens with one attached hydrogen (secondary N) is 1. The van der Waals surface area contributed by atoms with Crippen molar-refractivity contribution >= 4 is 23.2 Å². The van der Waals surface area contributed by atoms with Gasteiger partial charge >= 0.3 is 0 Å². The number of ether oxygens (including phenoxy) is 1. The van der Waals surface area contributed by atoms with E-state index in [1.54, 1.807) is 0 Å². The van der Waals surface area contributed by atoms with Gasteiger partial charge in [0.1, 0.15) is 5.82 Å². The molecule has 1 aromatic carbocycles. The van der Waals surface area contributed by atoms with Gasteiger partial charge in [-0.15, -0.1) is 0 Å². The van der Waals surface area contributed by atoms with Crippen molar-refractivity contribution in [3.63, 3.8) is 0 Å². The summed E-state index contributed by atoms with van der Waals surface area (Å²) in [6.45, 7) is 0.635. The van der Waals surface area contributed by atoms with Crippen molar-refractivity contribution in [2.24, 2.45) is 0 Å².